The summed E-state index contributed by atoms with van der Waals surface area (Å²) in [7, 11) is 0. The molecule has 1 aromatic rings. The Morgan fingerprint density at radius 1 is 1.56 bits per heavy atom. The van der Waals surface area contributed by atoms with Crippen molar-refractivity contribution >= 4 is 16.5 Å². The Morgan fingerprint density at radius 3 is 3.00 bits per heavy atom. The van der Waals surface area contributed by atoms with E-state index >= 15 is 0 Å². The van der Waals surface area contributed by atoms with Gasteiger partial charge in [-0.3, -0.25) is 0 Å². The van der Waals surface area contributed by atoms with Crippen LogP contribution in [0.25, 0.3) is 0 Å². The van der Waals surface area contributed by atoms with Gasteiger partial charge in [-0.05, 0) is 25.8 Å². The quantitative estimate of drug-likeness (QED) is 0.874. The molecule has 1 aliphatic heterocycles. The molecular weight excluding hydrogens is 218 g/mol. The Morgan fingerprint density at radius 2 is 2.38 bits per heavy atom. The van der Waals surface area contributed by atoms with E-state index < -0.39 is 0 Å². The first-order chi connectivity index (χ1) is 7.70. The van der Waals surface area contributed by atoms with E-state index in [2.05, 4.69) is 36.0 Å². The van der Waals surface area contributed by atoms with E-state index in [9.17, 15) is 0 Å². The van der Waals surface area contributed by atoms with Crippen LogP contribution in [0, 0.1) is 12.8 Å². The maximum absolute atomic E-state index is 4.68. The van der Waals surface area contributed by atoms with E-state index in [4.69, 9.17) is 0 Å². The summed E-state index contributed by atoms with van der Waals surface area (Å²) in [5, 5.41) is 4.59. The van der Waals surface area contributed by atoms with E-state index in [-0.39, 0.29) is 0 Å². The number of hydrogen-bond acceptors (Lipinski definition) is 4. The van der Waals surface area contributed by atoms with Crippen LogP contribution >= 0.6 is 11.3 Å². The van der Waals surface area contributed by atoms with Gasteiger partial charge in [0, 0.05) is 24.5 Å². The molecule has 1 N–H and O–H groups in total. The van der Waals surface area contributed by atoms with Crippen molar-refractivity contribution < 1.29 is 0 Å². The lowest BCUT2D eigenvalue weighted by molar-refractivity contribution is 0.659. The number of anilines is 1. The van der Waals surface area contributed by atoms with Crippen molar-refractivity contribution in [1.82, 2.24) is 10.3 Å². The average Bonchev–Trinajstić information content (AvgIpc) is 2.82. The fraction of sp³-hybridized carbons (Fsp3) is 0.750. The molecular formula is C12H21N3S. The Labute approximate surface area is 102 Å². The minimum atomic E-state index is 0.821. The second-order valence-electron chi connectivity index (χ2n) is 4.63. The zero-order valence-electron chi connectivity index (χ0n) is 10.4. The molecule has 2 heterocycles. The van der Waals surface area contributed by atoms with E-state index in [1.54, 1.807) is 0 Å². The molecule has 4 heteroatoms. The molecule has 0 amide bonds. The van der Waals surface area contributed by atoms with Crippen LogP contribution in [0.1, 0.15) is 30.8 Å². The minimum absolute atomic E-state index is 0.821. The van der Waals surface area contributed by atoms with Crippen molar-refractivity contribution in [2.45, 2.75) is 33.7 Å². The molecule has 1 unspecified atom stereocenters. The maximum atomic E-state index is 4.68. The predicted molar refractivity (Wildman–Crippen MR) is 70.2 cm³/mol. The number of aromatic nitrogens is 1. The summed E-state index contributed by atoms with van der Waals surface area (Å²) in [5.41, 5.74) is 1.19. The lowest BCUT2D eigenvalue weighted by Gasteiger charge is -2.13. The molecule has 0 aromatic carbocycles. The third kappa shape index (κ3) is 2.55. The van der Waals surface area contributed by atoms with E-state index in [1.807, 2.05) is 11.3 Å². The number of aryl methyl sites for hydroxylation is 1. The first-order valence-corrected chi connectivity index (χ1v) is 6.94. The standard InChI is InChI=1S/C12H21N3S/c1-4-13-7-11-10(3)14-12(16-11)15-6-5-9(2)8-15/h9,13H,4-8H2,1-3H3. The van der Waals surface area contributed by atoms with Gasteiger partial charge in [0.1, 0.15) is 0 Å². The summed E-state index contributed by atoms with van der Waals surface area (Å²) in [4.78, 5) is 8.50. The third-order valence-corrected chi connectivity index (χ3v) is 4.33. The highest BCUT2D eigenvalue weighted by molar-refractivity contribution is 7.15. The van der Waals surface area contributed by atoms with Crippen LogP contribution in [0.3, 0.4) is 0 Å². The number of thiazole rings is 1. The molecule has 1 saturated heterocycles. The van der Waals surface area contributed by atoms with Crippen LogP contribution in [0.2, 0.25) is 0 Å². The van der Waals surface area contributed by atoms with Crippen LogP contribution in [0.4, 0.5) is 5.13 Å². The lowest BCUT2D eigenvalue weighted by Crippen LogP contribution is -2.18. The van der Waals surface area contributed by atoms with Gasteiger partial charge >= 0.3 is 0 Å². The summed E-state index contributed by atoms with van der Waals surface area (Å²) in [6.07, 6.45) is 1.31. The first-order valence-electron chi connectivity index (χ1n) is 6.12. The monoisotopic (exact) mass is 239 g/mol. The summed E-state index contributed by atoms with van der Waals surface area (Å²) < 4.78 is 0. The predicted octanol–water partition coefficient (Wildman–Crippen LogP) is 2.41. The fourth-order valence-corrected chi connectivity index (χ4v) is 3.12. The van der Waals surface area contributed by atoms with Crippen LogP contribution in [0.5, 0.6) is 0 Å². The molecule has 0 spiro atoms. The van der Waals surface area contributed by atoms with Crippen LogP contribution in [0.15, 0.2) is 0 Å². The van der Waals surface area contributed by atoms with Crippen LogP contribution in [-0.4, -0.2) is 24.6 Å². The Bertz CT molecular complexity index is 348. The zero-order valence-corrected chi connectivity index (χ0v) is 11.2. The molecule has 1 aliphatic rings. The number of rotatable bonds is 4. The van der Waals surface area contributed by atoms with Crippen LogP contribution in [-0.2, 0) is 6.54 Å². The largest absolute Gasteiger partial charge is 0.348 e. The lowest BCUT2D eigenvalue weighted by atomic mass is 10.2. The number of nitrogens with zero attached hydrogens (tertiary/aromatic N) is 2. The molecule has 1 atom stereocenters. The first kappa shape index (κ1) is 11.9. The zero-order chi connectivity index (χ0) is 11.5. The topological polar surface area (TPSA) is 28.2 Å². The molecule has 0 aliphatic carbocycles. The Hall–Kier alpha value is -0.610. The van der Waals surface area contributed by atoms with E-state index in [0.717, 1.165) is 19.0 Å². The van der Waals surface area contributed by atoms with E-state index in [0.29, 0.717) is 0 Å². The van der Waals surface area contributed by atoms with Gasteiger partial charge in [-0.15, -0.1) is 11.3 Å². The molecule has 0 saturated carbocycles. The number of nitrogens with one attached hydrogen (secondary N) is 1. The third-order valence-electron chi connectivity index (χ3n) is 3.11. The van der Waals surface area contributed by atoms with Gasteiger partial charge in [-0.2, -0.15) is 0 Å². The summed E-state index contributed by atoms with van der Waals surface area (Å²) in [6.45, 7) is 10.9. The molecule has 16 heavy (non-hydrogen) atoms. The minimum Gasteiger partial charge on any atom is -0.348 e. The van der Waals surface area contributed by atoms with Gasteiger partial charge < -0.3 is 10.2 Å². The van der Waals surface area contributed by atoms with Gasteiger partial charge in [-0.1, -0.05) is 13.8 Å². The van der Waals surface area contributed by atoms with Gasteiger partial charge in [0.25, 0.3) is 0 Å². The van der Waals surface area contributed by atoms with Crippen molar-refractivity contribution in [3.63, 3.8) is 0 Å². The summed E-state index contributed by atoms with van der Waals surface area (Å²) in [5.74, 6) is 0.821. The van der Waals surface area contributed by atoms with Gasteiger partial charge in [0.05, 0.1) is 5.69 Å². The smallest absolute Gasteiger partial charge is 0.185 e. The van der Waals surface area contributed by atoms with E-state index in [1.165, 1.54) is 35.2 Å². The normalized spacial score (nSPS) is 20.7. The van der Waals surface area contributed by atoms with Crippen molar-refractivity contribution in [1.29, 1.82) is 0 Å². The maximum Gasteiger partial charge on any atom is 0.185 e. The van der Waals surface area contributed by atoms with Gasteiger partial charge in [0.2, 0.25) is 0 Å². The highest BCUT2D eigenvalue weighted by Crippen LogP contribution is 2.29. The highest BCUT2D eigenvalue weighted by atomic mass is 32.1. The number of hydrogen-bond donors (Lipinski definition) is 1. The SMILES string of the molecule is CCNCc1sc(N2CCC(C)C2)nc1C. The summed E-state index contributed by atoms with van der Waals surface area (Å²) in [6, 6.07) is 0. The fourth-order valence-electron chi connectivity index (χ4n) is 2.06. The van der Waals surface area contributed by atoms with Crippen molar-refractivity contribution in [3.8, 4) is 0 Å². The molecule has 0 bridgehead atoms. The molecule has 0 radical (unpaired) electrons. The van der Waals surface area contributed by atoms with Gasteiger partial charge in [0.15, 0.2) is 5.13 Å². The molecule has 1 aromatic heterocycles. The Kier molecular flexibility index (Phi) is 3.82. The Balaban J connectivity index is 2.05. The molecule has 3 nitrogen and oxygen atoms in total. The highest BCUT2D eigenvalue weighted by Gasteiger charge is 2.22. The second kappa shape index (κ2) is 5.15. The average molecular weight is 239 g/mol. The molecule has 1 fully saturated rings. The van der Waals surface area contributed by atoms with Crippen molar-refractivity contribution in [3.05, 3.63) is 10.6 Å². The van der Waals surface area contributed by atoms with Crippen molar-refractivity contribution in [2.75, 3.05) is 24.5 Å². The van der Waals surface area contributed by atoms with Gasteiger partial charge in [-0.25, -0.2) is 4.98 Å². The molecule has 90 valence electrons. The van der Waals surface area contributed by atoms with Crippen LogP contribution < -0.4 is 10.2 Å². The second-order valence-corrected chi connectivity index (χ2v) is 5.69. The van der Waals surface area contributed by atoms with Crippen molar-refractivity contribution in [2.24, 2.45) is 5.92 Å². The molecule has 2 rings (SSSR count). The summed E-state index contributed by atoms with van der Waals surface area (Å²) >= 11 is 1.85.